The number of carboxylic acid groups (broad SMARTS) is 1. The third-order valence-corrected chi connectivity index (χ3v) is 12.9. The molecule has 0 aliphatic heterocycles. The molecule has 22 nitrogen and oxygen atoms in total. The van der Waals surface area contributed by atoms with Gasteiger partial charge in [0, 0.05) is 33.6 Å². The Morgan fingerprint density at radius 1 is 0.562 bits per heavy atom. The number of phenols is 2. The van der Waals surface area contributed by atoms with Crippen molar-refractivity contribution in [3.8, 4) is 11.5 Å². The van der Waals surface area contributed by atoms with E-state index >= 15 is 0 Å². The van der Waals surface area contributed by atoms with Gasteiger partial charge in [-0.1, -0.05) is 6.07 Å². The predicted molar refractivity (Wildman–Crippen MR) is 229 cm³/mol. The molecule has 7 aromatic rings. The number of rotatable bonds is 11. The lowest BCUT2D eigenvalue weighted by atomic mass is 10.0. The zero-order chi connectivity index (χ0) is 46.8. The predicted octanol–water partition coefficient (Wildman–Crippen LogP) is 7.71. The maximum absolute atomic E-state index is 12.7. The summed E-state index contributed by atoms with van der Waals surface area (Å²) in [6, 6.07) is 16.8. The van der Waals surface area contributed by atoms with Gasteiger partial charge in [0.1, 0.15) is 21.2 Å². The smallest absolute Gasteiger partial charge is 0.335 e. The number of aromatic hydroxyl groups is 2. The van der Waals surface area contributed by atoms with Crippen molar-refractivity contribution in [1.29, 1.82) is 0 Å². The average Bonchev–Trinajstić information content (AvgIpc) is 3.18. The molecule has 0 saturated heterocycles. The van der Waals surface area contributed by atoms with Crippen LogP contribution < -0.4 is 11.1 Å². The van der Waals surface area contributed by atoms with Crippen molar-refractivity contribution in [2.75, 3.05) is 11.1 Å². The van der Waals surface area contributed by atoms with E-state index in [0.29, 0.717) is 6.07 Å². The van der Waals surface area contributed by atoms with Gasteiger partial charge in [-0.25, -0.2) is 4.79 Å². The minimum Gasteiger partial charge on any atom is -0.507 e. The Balaban J connectivity index is 1.35. The minimum absolute atomic E-state index is 0.0112. The number of azo groups is 2. The molecule has 0 unspecified atom stereocenters. The number of carbonyl (C=O) groups is 1. The van der Waals surface area contributed by atoms with Gasteiger partial charge < -0.3 is 26.4 Å². The summed E-state index contributed by atoms with van der Waals surface area (Å²) in [5, 5.41) is 50.8. The first kappa shape index (κ1) is 44.9. The molecule has 0 amide bonds. The summed E-state index contributed by atoms with van der Waals surface area (Å²) in [5.74, 6) is -2.93. The number of nitrogens with one attached hydrogen (secondary N) is 1. The van der Waals surface area contributed by atoms with Crippen molar-refractivity contribution in [3.63, 3.8) is 0 Å². The number of nitrogens with two attached hydrogens (primary N) is 1. The lowest BCUT2D eigenvalue weighted by molar-refractivity contribution is 0.0696. The first-order chi connectivity index (χ1) is 29.7. The van der Waals surface area contributed by atoms with Gasteiger partial charge in [0.05, 0.1) is 43.5 Å². The zero-order valence-electron chi connectivity index (χ0n) is 32.0. The van der Waals surface area contributed by atoms with Crippen LogP contribution >= 0.6 is 0 Å². The molecule has 0 spiro atoms. The fraction of sp³-hybridized carbons (Fsp3) is 0.0263. The molecule has 0 aromatic heterocycles. The molecule has 0 radical (unpaired) electrons. The standard InChI is InChI=1S/C38H28N6O16S4/c1-17-8-29(41-42-30-15-23(61(49,50)51)10-20-11-24(62(52,53)54)16-31(45)34(20)30)27-12-18(38(47)48)2-5-26(27)35(17)43-44-36-33(64(58,59)60)13-19-9-21(3-6-25(19)37(36)46)40-22-4-7-28(39)32(14-22)63(55,56)57/h2-16,40,45-46H,39H2,1H3,(H,47,48)(H,49,50,51)(H,52,53,54)(H,55,56,57)(H,58,59,60). The van der Waals surface area contributed by atoms with Gasteiger partial charge in [-0.15, -0.1) is 20.5 Å². The summed E-state index contributed by atoms with van der Waals surface area (Å²) < 4.78 is 136. The number of anilines is 3. The number of hydrogen-bond acceptors (Lipinski definition) is 17. The molecule has 0 fully saturated rings. The van der Waals surface area contributed by atoms with Gasteiger partial charge >= 0.3 is 5.97 Å². The molecule has 26 heteroatoms. The topological polar surface area (TPSA) is 383 Å². The summed E-state index contributed by atoms with van der Waals surface area (Å²) in [7, 11) is -19.7. The van der Waals surface area contributed by atoms with E-state index in [-0.39, 0.29) is 71.9 Å². The Morgan fingerprint density at radius 3 is 1.77 bits per heavy atom. The summed E-state index contributed by atoms with van der Waals surface area (Å²) >= 11 is 0. The van der Waals surface area contributed by atoms with E-state index < -0.39 is 88.9 Å². The van der Waals surface area contributed by atoms with Crippen LogP contribution in [-0.2, 0) is 40.5 Å². The van der Waals surface area contributed by atoms with Crippen LogP contribution in [0, 0.1) is 6.92 Å². The van der Waals surface area contributed by atoms with E-state index in [9.17, 15) is 72.0 Å². The highest BCUT2D eigenvalue weighted by Gasteiger charge is 2.24. The van der Waals surface area contributed by atoms with Crippen LogP contribution in [0.2, 0.25) is 0 Å². The number of phenolic OH excluding ortho intramolecular Hbond substituents is 2. The normalized spacial score (nSPS) is 12.8. The highest BCUT2D eigenvalue weighted by atomic mass is 32.2. The Kier molecular flexibility index (Phi) is 11.1. The van der Waals surface area contributed by atoms with Gasteiger partial charge in [0.15, 0.2) is 5.75 Å². The maximum Gasteiger partial charge on any atom is 0.335 e. The Labute approximate surface area is 360 Å². The van der Waals surface area contributed by atoms with Crippen LogP contribution in [-0.4, -0.2) is 73.2 Å². The van der Waals surface area contributed by atoms with Crippen LogP contribution in [0.4, 0.5) is 39.8 Å². The quantitative estimate of drug-likeness (QED) is 0.0340. The second-order valence-electron chi connectivity index (χ2n) is 13.8. The molecule has 0 bridgehead atoms. The number of aryl methyl sites for hydroxylation is 1. The van der Waals surface area contributed by atoms with Crippen molar-refractivity contribution in [1.82, 2.24) is 0 Å². The molecule has 7 aromatic carbocycles. The van der Waals surface area contributed by atoms with E-state index in [1.807, 2.05) is 0 Å². The summed E-state index contributed by atoms with van der Waals surface area (Å²) in [5.41, 5.74) is 4.48. The first-order valence-electron chi connectivity index (χ1n) is 17.5. The average molecular weight is 953 g/mol. The van der Waals surface area contributed by atoms with Crippen LogP contribution in [0.15, 0.2) is 131 Å². The second kappa shape index (κ2) is 15.9. The fourth-order valence-electron chi connectivity index (χ4n) is 6.60. The lowest BCUT2D eigenvalue weighted by Gasteiger charge is -2.13. The summed E-state index contributed by atoms with van der Waals surface area (Å²) in [4.78, 5) is 8.95. The van der Waals surface area contributed by atoms with Crippen molar-refractivity contribution in [3.05, 3.63) is 102 Å². The van der Waals surface area contributed by atoms with Crippen LogP contribution in [0.3, 0.4) is 0 Å². The SMILES string of the molecule is Cc1cc(N=Nc2cc(S(=O)(=O)O)cc3cc(S(=O)(=O)O)cc(O)c23)c2cc(C(=O)O)ccc2c1N=Nc1c(S(=O)(=O)O)cc2cc(Nc3ccc(N)c(S(=O)(=O)O)c3)ccc2c1O. The monoisotopic (exact) mass is 952 g/mol. The van der Waals surface area contributed by atoms with Crippen molar-refractivity contribution >= 4 is 119 Å². The van der Waals surface area contributed by atoms with Crippen LogP contribution in [0.1, 0.15) is 15.9 Å². The molecule has 10 N–H and O–H groups in total. The van der Waals surface area contributed by atoms with Crippen molar-refractivity contribution < 1.29 is 72.0 Å². The van der Waals surface area contributed by atoms with Gasteiger partial charge in [-0.05, 0) is 102 Å². The summed E-state index contributed by atoms with van der Waals surface area (Å²) in [6.45, 7) is 1.48. The van der Waals surface area contributed by atoms with Crippen molar-refractivity contribution in [2.45, 2.75) is 26.5 Å². The molecule has 0 aliphatic rings. The number of carboxylic acids is 1. The number of hydrogen-bond donors (Lipinski definition) is 9. The molecule has 0 saturated carbocycles. The van der Waals surface area contributed by atoms with Crippen LogP contribution in [0.5, 0.6) is 11.5 Å². The van der Waals surface area contributed by atoms with E-state index in [4.69, 9.17) is 5.73 Å². The number of nitrogen functional groups attached to an aromatic ring is 1. The molecule has 0 heterocycles. The minimum atomic E-state index is -5.15. The Hall–Kier alpha value is -7.17. The molecular weight excluding hydrogens is 925 g/mol. The largest absolute Gasteiger partial charge is 0.507 e. The number of benzene rings is 7. The lowest BCUT2D eigenvalue weighted by Crippen LogP contribution is -2.04. The van der Waals surface area contributed by atoms with Crippen molar-refractivity contribution in [2.24, 2.45) is 20.5 Å². The highest BCUT2D eigenvalue weighted by molar-refractivity contribution is 7.86. The molecule has 0 aliphatic carbocycles. The highest BCUT2D eigenvalue weighted by Crippen LogP contribution is 2.45. The van der Waals surface area contributed by atoms with Gasteiger partial charge in [-0.3, -0.25) is 18.2 Å². The van der Waals surface area contributed by atoms with Gasteiger partial charge in [0.2, 0.25) is 0 Å². The van der Waals surface area contributed by atoms with Gasteiger partial charge in [0.25, 0.3) is 40.5 Å². The van der Waals surface area contributed by atoms with Crippen LogP contribution in [0.25, 0.3) is 32.3 Å². The number of fused-ring (bicyclic) bond motifs is 3. The van der Waals surface area contributed by atoms with E-state index in [0.717, 1.165) is 36.4 Å². The second-order valence-corrected chi connectivity index (χ2v) is 19.4. The Morgan fingerprint density at radius 2 is 1.14 bits per heavy atom. The molecular formula is C38H28N6O16S4. The first-order valence-corrected chi connectivity index (χ1v) is 23.3. The molecule has 330 valence electrons. The number of nitrogens with zero attached hydrogens (tertiary/aromatic N) is 4. The Bertz CT molecular complexity index is 3730. The fourth-order valence-corrected chi connectivity index (χ4v) is 8.97. The molecule has 7 rings (SSSR count). The van der Waals surface area contributed by atoms with E-state index in [1.54, 1.807) is 0 Å². The molecule has 64 heavy (non-hydrogen) atoms. The molecule has 0 atom stereocenters. The third-order valence-electron chi connectivity index (χ3n) is 9.50. The summed E-state index contributed by atoms with van der Waals surface area (Å²) in [6.07, 6.45) is 0. The van der Waals surface area contributed by atoms with E-state index in [2.05, 4.69) is 25.8 Å². The number of aromatic carboxylic acids is 1. The third kappa shape index (κ3) is 8.87. The zero-order valence-corrected chi connectivity index (χ0v) is 35.2. The van der Waals surface area contributed by atoms with E-state index in [1.165, 1.54) is 55.5 Å². The van der Waals surface area contributed by atoms with Gasteiger partial charge in [-0.2, -0.15) is 33.7 Å². The maximum atomic E-state index is 12.7.